The third-order valence-corrected chi connectivity index (χ3v) is 3.54. The van der Waals surface area contributed by atoms with Crippen molar-refractivity contribution in [2.45, 2.75) is 62.3 Å². The Kier molecular flexibility index (Phi) is 2.71. The molecule has 2 saturated carbocycles. The summed E-state index contributed by atoms with van der Waals surface area (Å²) in [5, 5.41) is 2.79. The van der Waals surface area contributed by atoms with Gasteiger partial charge < -0.3 is 11.1 Å². The monoisotopic (exact) mass is 222 g/mol. The number of nitrogens with two attached hydrogens (primary N) is 1. The van der Waals surface area contributed by atoms with Crippen LogP contribution in [0, 0.1) is 0 Å². The van der Waals surface area contributed by atoms with Crippen molar-refractivity contribution < 1.29 is 13.2 Å². The standard InChI is InChI=1S/C10H17F3N2/c11-10(12,13)9(5-6-9)15-8-3-1-7(14)2-4-8/h7-8,15H,1-6,14H2. The first-order valence-corrected chi connectivity index (χ1v) is 5.53. The zero-order valence-corrected chi connectivity index (χ0v) is 8.61. The van der Waals surface area contributed by atoms with Gasteiger partial charge in [0.1, 0.15) is 5.54 Å². The maximum Gasteiger partial charge on any atom is 0.406 e. The number of alkyl halides is 3. The van der Waals surface area contributed by atoms with E-state index in [9.17, 15) is 13.2 Å². The first-order valence-electron chi connectivity index (χ1n) is 5.53. The van der Waals surface area contributed by atoms with Crippen molar-refractivity contribution in [3.05, 3.63) is 0 Å². The van der Waals surface area contributed by atoms with Gasteiger partial charge in [-0.05, 0) is 38.5 Å². The number of rotatable bonds is 2. The van der Waals surface area contributed by atoms with Gasteiger partial charge in [0.25, 0.3) is 0 Å². The van der Waals surface area contributed by atoms with Crippen LogP contribution in [0.3, 0.4) is 0 Å². The lowest BCUT2D eigenvalue weighted by Crippen LogP contribution is -2.51. The molecule has 2 aliphatic rings. The Morgan fingerprint density at radius 1 is 1.07 bits per heavy atom. The van der Waals surface area contributed by atoms with E-state index < -0.39 is 11.7 Å². The summed E-state index contributed by atoms with van der Waals surface area (Å²) in [6.45, 7) is 0. The molecule has 5 heteroatoms. The summed E-state index contributed by atoms with van der Waals surface area (Å²) in [5.74, 6) is 0. The van der Waals surface area contributed by atoms with E-state index in [4.69, 9.17) is 5.73 Å². The molecule has 0 unspecified atom stereocenters. The Balaban J connectivity index is 1.87. The fourth-order valence-corrected chi connectivity index (χ4v) is 2.29. The summed E-state index contributed by atoms with van der Waals surface area (Å²) in [7, 11) is 0. The van der Waals surface area contributed by atoms with Crippen LogP contribution >= 0.6 is 0 Å². The van der Waals surface area contributed by atoms with E-state index in [2.05, 4.69) is 5.32 Å². The van der Waals surface area contributed by atoms with Crippen LogP contribution in [0.2, 0.25) is 0 Å². The third-order valence-electron chi connectivity index (χ3n) is 3.54. The summed E-state index contributed by atoms with van der Waals surface area (Å²) in [6.07, 6.45) is -0.389. The molecule has 2 aliphatic carbocycles. The van der Waals surface area contributed by atoms with Crippen LogP contribution in [0.25, 0.3) is 0 Å². The summed E-state index contributed by atoms with van der Waals surface area (Å²) >= 11 is 0. The van der Waals surface area contributed by atoms with Gasteiger partial charge in [-0.2, -0.15) is 13.2 Å². The predicted octanol–water partition coefficient (Wildman–Crippen LogP) is 1.94. The molecule has 0 radical (unpaired) electrons. The first kappa shape index (κ1) is 11.2. The van der Waals surface area contributed by atoms with Crippen molar-refractivity contribution in [2.75, 3.05) is 0 Å². The molecule has 0 aliphatic heterocycles. The SMILES string of the molecule is NC1CCC(NC2(C(F)(F)F)CC2)CC1. The second-order valence-electron chi connectivity index (χ2n) is 4.84. The summed E-state index contributed by atoms with van der Waals surface area (Å²) in [4.78, 5) is 0. The van der Waals surface area contributed by atoms with Crippen molar-refractivity contribution in [3.8, 4) is 0 Å². The van der Waals surface area contributed by atoms with Gasteiger partial charge in [0.2, 0.25) is 0 Å². The minimum atomic E-state index is -4.09. The Labute approximate surface area is 87.4 Å². The van der Waals surface area contributed by atoms with Gasteiger partial charge in [-0.1, -0.05) is 0 Å². The molecule has 0 aromatic heterocycles. The van der Waals surface area contributed by atoms with Crippen molar-refractivity contribution >= 4 is 0 Å². The molecule has 2 rings (SSSR count). The minimum absolute atomic E-state index is 0.00826. The Morgan fingerprint density at radius 3 is 2.00 bits per heavy atom. The second kappa shape index (κ2) is 3.63. The summed E-state index contributed by atoms with van der Waals surface area (Å²) < 4.78 is 37.9. The molecule has 3 N–H and O–H groups in total. The van der Waals surface area contributed by atoms with Gasteiger partial charge in [0, 0.05) is 12.1 Å². The lowest BCUT2D eigenvalue weighted by molar-refractivity contribution is -0.168. The van der Waals surface area contributed by atoms with Gasteiger partial charge in [0.15, 0.2) is 0 Å². The molecule has 0 amide bonds. The number of halogens is 3. The molecule has 0 spiro atoms. The maximum absolute atomic E-state index is 12.6. The maximum atomic E-state index is 12.6. The van der Waals surface area contributed by atoms with E-state index in [1.807, 2.05) is 0 Å². The zero-order chi connectivity index (χ0) is 11.1. The highest BCUT2D eigenvalue weighted by molar-refractivity contribution is 5.09. The van der Waals surface area contributed by atoms with E-state index in [-0.39, 0.29) is 24.9 Å². The van der Waals surface area contributed by atoms with Crippen molar-refractivity contribution in [1.29, 1.82) is 0 Å². The highest BCUT2D eigenvalue weighted by Crippen LogP contribution is 2.49. The molecule has 88 valence electrons. The lowest BCUT2D eigenvalue weighted by atomic mass is 9.91. The molecule has 0 saturated heterocycles. The quantitative estimate of drug-likeness (QED) is 0.749. The topological polar surface area (TPSA) is 38.0 Å². The predicted molar refractivity (Wildman–Crippen MR) is 51.4 cm³/mol. The highest BCUT2D eigenvalue weighted by atomic mass is 19.4. The van der Waals surface area contributed by atoms with Crippen molar-refractivity contribution in [3.63, 3.8) is 0 Å². The van der Waals surface area contributed by atoms with E-state index in [1.165, 1.54) is 0 Å². The molecule has 2 nitrogen and oxygen atoms in total. The Morgan fingerprint density at radius 2 is 1.60 bits per heavy atom. The smallest absolute Gasteiger partial charge is 0.328 e. The molecule has 15 heavy (non-hydrogen) atoms. The van der Waals surface area contributed by atoms with Crippen LogP contribution in [0.15, 0.2) is 0 Å². The fraction of sp³-hybridized carbons (Fsp3) is 1.00. The number of hydrogen-bond acceptors (Lipinski definition) is 2. The Bertz CT molecular complexity index is 227. The van der Waals surface area contributed by atoms with Crippen molar-refractivity contribution in [2.24, 2.45) is 5.73 Å². The molecule has 0 atom stereocenters. The minimum Gasteiger partial charge on any atom is -0.328 e. The zero-order valence-electron chi connectivity index (χ0n) is 8.61. The Hall–Kier alpha value is -0.290. The second-order valence-corrected chi connectivity index (χ2v) is 4.84. The van der Waals surface area contributed by atoms with E-state index in [1.54, 1.807) is 0 Å². The normalized spacial score (nSPS) is 35.2. The molecule has 2 fully saturated rings. The average Bonchev–Trinajstić information content (AvgIpc) is 2.89. The van der Waals surface area contributed by atoms with Gasteiger partial charge in [0.05, 0.1) is 0 Å². The molecular formula is C10H17F3N2. The summed E-state index contributed by atoms with van der Waals surface area (Å²) in [5.41, 5.74) is 4.16. The van der Waals surface area contributed by atoms with Crippen molar-refractivity contribution in [1.82, 2.24) is 5.32 Å². The molecular weight excluding hydrogens is 205 g/mol. The lowest BCUT2D eigenvalue weighted by Gasteiger charge is -2.31. The van der Waals surface area contributed by atoms with Crippen LogP contribution in [-0.4, -0.2) is 23.8 Å². The van der Waals surface area contributed by atoms with Gasteiger partial charge in [-0.25, -0.2) is 0 Å². The number of hydrogen-bond donors (Lipinski definition) is 2. The molecule has 0 aromatic rings. The van der Waals surface area contributed by atoms with Crippen LogP contribution in [-0.2, 0) is 0 Å². The average molecular weight is 222 g/mol. The largest absolute Gasteiger partial charge is 0.406 e. The molecule has 0 heterocycles. The first-order chi connectivity index (χ1) is 6.93. The third kappa shape index (κ3) is 2.28. The van der Waals surface area contributed by atoms with E-state index in [0.29, 0.717) is 0 Å². The van der Waals surface area contributed by atoms with Gasteiger partial charge in [-0.3, -0.25) is 0 Å². The van der Waals surface area contributed by atoms with Crippen LogP contribution in [0.1, 0.15) is 38.5 Å². The molecule has 0 bridgehead atoms. The molecule has 0 aromatic carbocycles. The van der Waals surface area contributed by atoms with Crippen LogP contribution < -0.4 is 11.1 Å². The van der Waals surface area contributed by atoms with Crippen LogP contribution in [0.5, 0.6) is 0 Å². The van der Waals surface area contributed by atoms with E-state index >= 15 is 0 Å². The number of nitrogens with one attached hydrogen (secondary N) is 1. The van der Waals surface area contributed by atoms with Gasteiger partial charge in [-0.15, -0.1) is 0 Å². The van der Waals surface area contributed by atoms with Gasteiger partial charge >= 0.3 is 6.18 Å². The summed E-state index contributed by atoms with van der Waals surface area (Å²) in [6, 6.07) is 0.193. The highest BCUT2D eigenvalue weighted by Gasteiger charge is 2.63. The fourth-order valence-electron chi connectivity index (χ4n) is 2.29. The van der Waals surface area contributed by atoms with Crippen LogP contribution in [0.4, 0.5) is 13.2 Å². The van der Waals surface area contributed by atoms with E-state index in [0.717, 1.165) is 25.7 Å².